The van der Waals surface area contributed by atoms with E-state index in [9.17, 15) is 0 Å². The maximum Gasteiger partial charge on any atom is 0.261 e. The van der Waals surface area contributed by atoms with Crippen molar-refractivity contribution in [3.63, 3.8) is 0 Å². The molecule has 246 valence electrons. The van der Waals surface area contributed by atoms with E-state index >= 15 is 0 Å². The summed E-state index contributed by atoms with van der Waals surface area (Å²) in [6, 6.07) is 45.4. The van der Waals surface area contributed by atoms with Crippen LogP contribution in [0.25, 0.3) is 0 Å². The van der Waals surface area contributed by atoms with Gasteiger partial charge in [-0.2, -0.15) is 0 Å². The van der Waals surface area contributed by atoms with Crippen LogP contribution in [0.4, 0.5) is 0 Å². The summed E-state index contributed by atoms with van der Waals surface area (Å²) in [4.78, 5) is 5.52. The average Bonchev–Trinajstić information content (AvgIpc) is 3.78. The van der Waals surface area contributed by atoms with Crippen LogP contribution >= 0.6 is 0 Å². The summed E-state index contributed by atoms with van der Waals surface area (Å²) in [5.41, 5.74) is -0.104. The highest BCUT2D eigenvalue weighted by molar-refractivity contribution is 7.00. The standard InChI is InChI=1S/C41H52N2O2Si2/c1-39(2,3)46(33-19-11-7-12-20-33,34-21-13-8-14-22-34)44-31-41(37-38(41)43-28-27-42(37)29-30-43)32-45-47(40(4,5)6,35-23-15-9-16-24-35)36-25-17-10-18-26-36/h7-26,37-38H,27-32H2,1-6H3/t37-,38?/m0/s1. The van der Waals surface area contributed by atoms with Gasteiger partial charge in [-0.15, -0.1) is 0 Å². The van der Waals surface area contributed by atoms with Crippen molar-refractivity contribution in [2.75, 3.05) is 39.4 Å². The molecule has 0 spiro atoms. The van der Waals surface area contributed by atoms with E-state index in [0.717, 1.165) is 26.2 Å². The van der Waals surface area contributed by atoms with Crippen LogP contribution in [-0.4, -0.2) is 77.9 Å². The molecule has 4 aromatic rings. The lowest BCUT2D eigenvalue weighted by Crippen LogP contribution is -2.68. The fraction of sp³-hybridized carbons (Fsp3) is 0.415. The molecule has 2 atom stereocenters. The Morgan fingerprint density at radius 3 is 0.979 bits per heavy atom. The lowest BCUT2D eigenvalue weighted by atomic mass is 10.1. The van der Waals surface area contributed by atoms with E-state index in [4.69, 9.17) is 8.85 Å². The van der Waals surface area contributed by atoms with E-state index in [-0.39, 0.29) is 15.5 Å². The van der Waals surface area contributed by atoms with Gasteiger partial charge in [-0.3, -0.25) is 9.80 Å². The molecule has 0 aromatic heterocycles. The van der Waals surface area contributed by atoms with Crippen molar-refractivity contribution >= 4 is 37.4 Å². The van der Waals surface area contributed by atoms with Gasteiger partial charge in [0, 0.05) is 56.9 Å². The molecule has 4 nitrogen and oxygen atoms in total. The van der Waals surface area contributed by atoms with E-state index in [1.165, 1.54) is 20.7 Å². The van der Waals surface area contributed by atoms with E-state index in [1.807, 2.05) is 0 Å². The molecule has 6 heteroatoms. The molecule has 4 aromatic carbocycles. The second-order valence-electron chi connectivity index (χ2n) is 16.1. The first kappa shape index (κ1) is 32.7. The maximum atomic E-state index is 7.79. The first-order valence-electron chi connectivity index (χ1n) is 17.5. The van der Waals surface area contributed by atoms with Crippen LogP contribution in [0.3, 0.4) is 0 Å². The molecule has 8 rings (SSSR count). The van der Waals surface area contributed by atoms with Crippen LogP contribution in [0.2, 0.25) is 10.1 Å². The van der Waals surface area contributed by atoms with Gasteiger partial charge in [0.05, 0.1) is 0 Å². The largest absolute Gasteiger partial charge is 0.407 e. The number of hydrogen-bond donors (Lipinski definition) is 0. The molecule has 4 aliphatic rings. The van der Waals surface area contributed by atoms with Crippen molar-refractivity contribution in [1.29, 1.82) is 0 Å². The Morgan fingerprint density at radius 1 is 0.489 bits per heavy atom. The minimum Gasteiger partial charge on any atom is -0.407 e. The fourth-order valence-corrected chi connectivity index (χ4v) is 18.5. The van der Waals surface area contributed by atoms with Crippen LogP contribution in [0.15, 0.2) is 121 Å². The molecule has 0 radical (unpaired) electrons. The molecular formula is C41H52N2O2Si2. The van der Waals surface area contributed by atoms with E-state index in [0.29, 0.717) is 25.3 Å². The highest BCUT2D eigenvalue weighted by Crippen LogP contribution is 2.58. The van der Waals surface area contributed by atoms with Crippen molar-refractivity contribution in [2.45, 2.75) is 63.7 Å². The van der Waals surface area contributed by atoms with Gasteiger partial charge in [-0.25, -0.2) is 0 Å². The van der Waals surface area contributed by atoms with Gasteiger partial charge < -0.3 is 8.85 Å². The Balaban J connectivity index is 1.33. The summed E-state index contributed by atoms with van der Waals surface area (Å²) in [5, 5.41) is 5.22. The highest BCUT2D eigenvalue weighted by atomic mass is 28.4. The highest BCUT2D eigenvalue weighted by Gasteiger charge is 2.73. The van der Waals surface area contributed by atoms with Crippen molar-refractivity contribution in [2.24, 2.45) is 5.41 Å². The van der Waals surface area contributed by atoms with Crippen LogP contribution in [-0.2, 0) is 8.85 Å². The van der Waals surface area contributed by atoms with Gasteiger partial charge in [0.15, 0.2) is 0 Å². The molecule has 47 heavy (non-hydrogen) atoms. The molecule has 1 unspecified atom stereocenters. The van der Waals surface area contributed by atoms with Crippen LogP contribution in [0, 0.1) is 5.41 Å². The van der Waals surface area contributed by atoms with Gasteiger partial charge in [-0.1, -0.05) is 163 Å². The zero-order chi connectivity index (χ0) is 32.9. The first-order chi connectivity index (χ1) is 22.5. The van der Waals surface area contributed by atoms with Crippen molar-refractivity contribution < 1.29 is 8.85 Å². The second-order valence-corrected chi connectivity index (χ2v) is 24.7. The summed E-state index contributed by atoms with van der Waals surface area (Å²) in [7, 11) is -5.46. The summed E-state index contributed by atoms with van der Waals surface area (Å²) in [6.45, 7) is 20.3. The molecule has 0 amide bonds. The Bertz CT molecular complexity index is 1430. The Morgan fingerprint density at radius 2 is 0.745 bits per heavy atom. The molecule has 3 saturated heterocycles. The average molecular weight is 661 g/mol. The number of fused-ring (bicyclic) bond motifs is 2. The molecule has 4 fully saturated rings. The summed E-state index contributed by atoms with van der Waals surface area (Å²) >= 11 is 0. The van der Waals surface area contributed by atoms with Gasteiger partial charge in [0.2, 0.25) is 0 Å². The fourth-order valence-electron chi connectivity index (χ4n) is 9.26. The van der Waals surface area contributed by atoms with Gasteiger partial charge in [0.1, 0.15) is 0 Å². The third-order valence-corrected chi connectivity index (χ3v) is 21.4. The van der Waals surface area contributed by atoms with Gasteiger partial charge >= 0.3 is 0 Å². The molecule has 0 N–H and O–H groups in total. The van der Waals surface area contributed by atoms with E-state index in [2.05, 4.69) is 173 Å². The first-order valence-corrected chi connectivity index (χ1v) is 21.3. The molecule has 1 aliphatic carbocycles. The molecular weight excluding hydrogens is 609 g/mol. The van der Waals surface area contributed by atoms with Gasteiger partial charge in [0.25, 0.3) is 16.6 Å². The summed E-state index contributed by atoms with van der Waals surface area (Å²) in [5.74, 6) is 0. The topological polar surface area (TPSA) is 24.9 Å². The second kappa shape index (κ2) is 12.2. The van der Waals surface area contributed by atoms with Crippen LogP contribution < -0.4 is 20.7 Å². The summed E-state index contributed by atoms with van der Waals surface area (Å²) in [6.07, 6.45) is 0. The van der Waals surface area contributed by atoms with Crippen molar-refractivity contribution in [1.82, 2.24) is 9.80 Å². The third kappa shape index (κ3) is 5.33. The van der Waals surface area contributed by atoms with Crippen molar-refractivity contribution in [3.05, 3.63) is 121 Å². The summed E-state index contributed by atoms with van der Waals surface area (Å²) < 4.78 is 15.6. The lowest BCUT2D eigenvalue weighted by Gasteiger charge is -2.45. The van der Waals surface area contributed by atoms with Gasteiger partial charge in [-0.05, 0) is 30.8 Å². The molecule has 2 bridgehead atoms. The number of piperazine rings is 3. The zero-order valence-electron chi connectivity index (χ0n) is 29.2. The minimum absolute atomic E-state index is 0.0740. The quantitative estimate of drug-likeness (QED) is 0.210. The lowest BCUT2D eigenvalue weighted by molar-refractivity contribution is 0.0609. The van der Waals surface area contributed by atoms with Crippen LogP contribution in [0.1, 0.15) is 41.5 Å². The maximum absolute atomic E-state index is 7.79. The molecule has 3 heterocycles. The number of hydrogen-bond acceptors (Lipinski definition) is 4. The SMILES string of the molecule is CC(C)(C)[Si](OCC1(CO[Si](c2ccccc2)(c2ccccc2)C(C)(C)C)C2[C@@H]1N1CCN2CC1)(c1ccccc1)c1ccccc1. The normalized spacial score (nSPS) is 23.7. The van der Waals surface area contributed by atoms with E-state index in [1.54, 1.807) is 0 Å². The van der Waals surface area contributed by atoms with E-state index < -0.39 is 16.6 Å². The third-order valence-electron chi connectivity index (χ3n) is 11.5. The smallest absolute Gasteiger partial charge is 0.261 e. The number of benzene rings is 4. The Hall–Kier alpha value is -2.85. The Kier molecular flexibility index (Phi) is 8.51. The predicted molar refractivity (Wildman–Crippen MR) is 200 cm³/mol. The minimum atomic E-state index is -2.73. The molecule has 1 saturated carbocycles. The number of nitrogens with zero attached hydrogens (tertiary/aromatic N) is 2. The predicted octanol–water partition coefficient (Wildman–Crippen LogP) is 5.51. The Labute approximate surface area is 285 Å². The number of rotatable bonds is 10. The van der Waals surface area contributed by atoms with Crippen molar-refractivity contribution in [3.8, 4) is 0 Å². The molecule has 3 aliphatic heterocycles. The monoisotopic (exact) mass is 660 g/mol. The van der Waals surface area contributed by atoms with Crippen LogP contribution in [0.5, 0.6) is 0 Å². The zero-order valence-corrected chi connectivity index (χ0v) is 31.2.